The summed E-state index contributed by atoms with van der Waals surface area (Å²) in [7, 11) is 0. The zero-order valence-corrected chi connectivity index (χ0v) is 10.4. The maximum Gasteiger partial charge on any atom is 0.309 e. The summed E-state index contributed by atoms with van der Waals surface area (Å²) in [4.78, 5) is 22.6. The molecule has 0 saturated heterocycles. The molecule has 17 heavy (non-hydrogen) atoms. The van der Waals surface area contributed by atoms with Crippen LogP contribution in [-0.4, -0.2) is 34.2 Å². The monoisotopic (exact) mass is 243 g/mol. The van der Waals surface area contributed by atoms with Gasteiger partial charge in [0.25, 0.3) is 0 Å². The molecule has 1 rings (SSSR count). The first kappa shape index (κ1) is 14.0. The molecule has 0 bridgehead atoms. The Kier molecular flexibility index (Phi) is 4.51. The normalized spacial score (nSPS) is 25.4. The van der Waals surface area contributed by atoms with Gasteiger partial charge in [-0.05, 0) is 39.5 Å². The first-order valence-electron chi connectivity index (χ1n) is 6.02. The Morgan fingerprint density at radius 3 is 2.53 bits per heavy atom. The van der Waals surface area contributed by atoms with Crippen molar-refractivity contribution in [3.05, 3.63) is 0 Å². The molecule has 0 aromatic heterocycles. The molecule has 5 nitrogen and oxygen atoms in total. The van der Waals surface area contributed by atoms with Crippen LogP contribution in [0.15, 0.2) is 0 Å². The smallest absolute Gasteiger partial charge is 0.309 e. The van der Waals surface area contributed by atoms with Crippen molar-refractivity contribution >= 4 is 11.9 Å². The number of nitrogens with one attached hydrogen (secondary N) is 1. The highest BCUT2D eigenvalue weighted by atomic mass is 16.4. The zero-order valence-electron chi connectivity index (χ0n) is 10.4. The highest BCUT2D eigenvalue weighted by Gasteiger charge is 2.31. The number of aliphatic carboxylic acids is 1. The number of carbonyl (C=O) groups excluding carboxylic acids is 1. The molecule has 0 heterocycles. The van der Waals surface area contributed by atoms with Gasteiger partial charge in [0.15, 0.2) is 0 Å². The van der Waals surface area contributed by atoms with Crippen LogP contribution in [-0.2, 0) is 9.59 Å². The molecular weight excluding hydrogens is 222 g/mol. The molecule has 1 saturated carbocycles. The number of carbonyl (C=O) groups is 2. The molecule has 1 aliphatic carbocycles. The van der Waals surface area contributed by atoms with Gasteiger partial charge < -0.3 is 15.5 Å². The third-order valence-electron chi connectivity index (χ3n) is 3.19. The van der Waals surface area contributed by atoms with E-state index in [0.717, 1.165) is 19.3 Å². The molecule has 0 aromatic rings. The number of aliphatic hydroxyl groups is 1. The lowest BCUT2D eigenvalue weighted by molar-refractivity contribution is -0.149. The van der Waals surface area contributed by atoms with Gasteiger partial charge in [0.2, 0.25) is 5.91 Å². The third-order valence-corrected chi connectivity index (χ3v) is 3.19. The number of aliphatic hydroxyl groups excluding tert-OH is 1. The summed E-state index contributed by atoms with van der Waals surface area (Å²) < 4.78 is 0. The minimum atomic E-state index is -1.04. The van der Waals surface area contributed by atoms with Crippen LogP contribution in [0.2, 0.25) is 0 Å². The van der Waals surface area contributed by atoms with Crippen LogP contribution in [0.3, 0.4) is 0 Å². The number of carboxylic acids is 1. The van der Waals surface area contributed by atoms with Gasteiger partial charge in [0, 0.05) is 12.5 Å². The van der Waals surface area contributed by atoms with Gasteiger partial charge in [-0.15, -0.1) is 0 Å². The lowest BCUT2D eigenvalue weighted by Crippen LogP contribution is -2.42. The average molecular weight is 243 g/mol. The average Bonchev–Trinajstić information content (AvgIpc) is 2.15. The molecule has 1 fully saturated rings. The van der Waals surface area contributed by atoms with Crippen LogP contribution in [0.4, 0.5) is 0 Å². The lowest BCUT2D eigenvalue weighted by Gasteiger charge is -2.28. The van der Waals surface area contributed by atoms with E-state index in [9.17, 15) is 14.7 Å². The first-order valence-corrected chi connectivity index (χ1v) is 6.02. The highest BCUT2D eigenvalue weighted by Crippen LogP contribution is 2.22. The topological polar surface area (TPSA) is 86.6 Å². The van der Waals surface area contributed by atoms with Crippen LogP contribution in [0, 0.1) is 5.41 Å². The van der Waals surface area contributed by atoms with Crippen molar-refractivity contribution in [3.63, 3.8) is 0 Å². The molecular formula is C12H21NO4. The van der Waals surface area contributed by atoms with E-state index in [4.69, 9.17) is 5.11 Å². The summed E-state index contributed by atoms with van der Waals surface area (Å²) in [6.45, 7) is 3.06. The Morgan fingerprint density at radius 1 is 1.35 bits per heavy atom. The van der Waals surface area contributed by atoms with E-state index in [1.165, 1.54) is 13.8 Å². The van der Waals surface area contributed by atoms with Gasteiger partial charge >= 0.3 is 5.97 Å². The molecule has 1 aliphatic rings. The first-order chi connectivity index (χ1) is 7.81. The zero-order chi connectivity index (χ0) is 13.1. The summed E-state index contributed by atoms with van der Waals surface area (Å²) in [5.74, 6) is -1.23. The minimum Gasteiger partial charge on any atom is -0.481 e. The number of rotatable bonds is 4. The molecule has 1 amide bonds. The summed E-state index contributed by atoms with van der Waals surface area (Å²) in [6, 6.07) is -0.0177. The summed E-state index contributed by atoms with van der Waals surface area (Å²) in [5.41, 5.74) is -1.04. The van der Waals surface area contributed by atoms with Gasteiger partial charge in [0.1, 0.15) is 0 Å². The fourth-order valence-electron chi connectivity index (χ4n) is 2.05. The van der Waals surface area contributed by atoms with Gasteiger partial charge in [0.05, 0.1) is 11.5 Å². The van der Waals surface area contributed by atoms with E-state index in [0.29, 0.717) is 6.42 Å². The number of carboxylic acid groups (broad SMARTS) is 1. The van der Waals surface area contributed by atoms with Crippen LogP contribution in [0.25, 0.3) is 0 Å². The second-order valence-corrected chi connectivity index (χ2v) is 5.45. The van der Waals surface area contributed by atoms with Crippen molar-refractivity contribution in [3.8, 4) is 0 Å². The molecule has 0 spiro atoms. The van der Waals surface area contributed by atoms with Crippen molar-refractivity contribution in [1.29, 1.82) is 0 Å². The summed E-state index contributed by atoms with van der Waals surface area (Å²) in [6.07, 6.45) is 2.73. The lowest BCUT2D eigenvalue weighted by atomic mass is 9.88. The third kappa shape index (κ3) is 4.34. The Morgan fingerprint density at radius 2 is 2.00 bits per heavy atom. The summed E-state index contributed by atoms with van der Waals surface area (Å²) in [5, 5.41) is 21.2. The summed E-state index contributed by atoms with van der Waals surface area (Å²) >= 11 is 0. The van der Waals surface area contributed by atoms with Gasteiger partial charge in [-0.3, -0.25) is 9.59 Å². The Bertz CT molecular complexity index is 301. The highest BCUT2D eigenvalue weighted by molar-refractivity contribution is 5.84. The molecule has 0 aliphatic heterocycles. The largest absolute Gasteiger partial charge is 0.481 e. The van der Waals surface area contributed by atoms with Crippen LogP contribution >= 0.6 is 0 Å². The molecule has 0 radical (unpaired) electrons. The molecule has 0 aromatic carbocycles. The molecule has 98 valence electrons. The van der Waals surface area contributed by atoms with Gasteiger partial charge in [-0.25, -0.2) is 0 Å². The van der Waals surface area contributed by atoms with Crippen LogP contribution in [0.5, 0.6) is 0 Å². The SMILES string of the molecule is CC(C)(CC(=O)NC1CCCC(O)C1)C(=O)O. The van der Waals surface area contributed by atoms with Crippen molar-refractivity contribution in [2.45, 2.75) is 58.1 Å². The maximum atomic E-state index is 11.7. The fourth-order valence-corrected chi connectivity index (χ4v) is 2.05. The van der Waals surface area contributed by atoms with Crippen molar-refractivity contribution < 1.29 is 19.8 Å². The second-order valence-electron chi connectivity index (χ2n) is 5.45. The second kappa shape index (κ2) is 5.49. The maximum absolute atomic E-state index is 11.7. The van der Waals surface area contributed by atoms with Crippen molar-refractivity contribution in [2.24, 2.45) is 5.41 Å². The Balaban J connectivity index is 2.41. The minimum absolute atomic E-state index is 0.0177. The molecule has 2 unspecified atom stereocenters. The Labute approximate surface area is 101 Å². The van der Waals surface area contributed by atoms with E-state index in [1.54, 1.807) is 0 Å². The number of hydrogen-bond donors (Lipinski definition) is 3. The Hall–Kier alpha value is -1.10. The van der Waals surface area contributed by atoms with Crippen molar-refractivity contribution in [1.82, 2.24) is 5.32 Å². The number of amides is 1. The molecule has 5 heteroatoms. The standard InChI is InChI=1S/C12H21NO4/c1-12(2,11(16)17)7-10(15)13-8-4-3-5-9(14)6-8/h8-9,14H,3-7H2,1-2H3,(H,13,15)(H,16,17). The fraction of sp³-hybridized carbons (Fsp3) is 0.833. The van der Waals surface area contributed by atoms with Crippen molar-refractivity contribution in [2.75, 3.05) is 0 Å². The van der Waals surface area contributed by atoms with E-state index in [-0.39, 0.29) is 24.5 Å². The number of hydrogen-bond acceptors (Lipinski definition) is 3. The quantitative estimate of drug-likeness (QED) is 0.685. The van der Waals surface area contributed by atoms with Crippen LogP contribution in [0.1, 0.15) is 46.0 Å². The van der Waals surface area contributed by atoms with E-state index >= 15 is 0 Å². The van der Waals surface area contributed by atoms with Gasteiger partial charge in [-0.2, -0.15) is 0 Å². The molecule has 2 atom stereocenters. The predicted octanol–water partition coefficient (Wildman–Crippen LogP) is 0.907. The predicted molar refractivity (Wildman–Crippen MR) is 62.4 cm³/mol. The van der Waals surface area contributed by atoms with E-state index < -0.39 is 11.4 Å². The van der Waals surface area contributed by atoms with E-state index in [1.807, 2.05) is 0 Å². The van der Waals surface area contributed by atoms with E-state index in [2.05, 4.69) is 5.32 Å². The van der Waals surface area contributed by atoms with Gasteiger partial charge in [-0.1, -0.05) is 0 Å². The molecule has 3 N–H and O–H groups in total. The van der Waals surface area contributed by atoms with Crippen LogP contribution < -0.4 is 5.32 Å².